The van der Waals surface area contributed by atoms with Gasteiger partial charge in [0, 0.05) is 31.5 Å². The minimum atomic E-state index is -0.747. The van der Waals surface area contributed by atoms with E-state index >= 15 is 0 Å². The van der Waals surface area contributed by atoms with Gasteiger partial charge in [0.2, 0.25) is 0 Å². The van der Waals surface area contributed by atoms with Gasteiger partial charge in [-0.1, -0.05) is 30.3 Å². The van der Waals surface area contributed by atoms with Crippen molar-refractivity contribution in [3.63, 3.8) is 0 Å². The van der Waals surface area contributed by atoms with Gasteiger partial charge in [-0.05, 0) is 23.8 Å². The normalized spacial score (nSPS) is 13.2. The lowest BCUT2D eigenvalue weighted by Crippen LogP contribution is -2.35. The van der Waals surface area contributed by atoms with Crippen molar-refractivity contribution in [3.8, 4) is 5.75 Å². The van der Waals surface area contributed by atoms with Gasteiger partial charge >= 0.3 is 0 Å². The number of ether oxygens (including phenoxy) is 2. The molecule has 0 amide bonds. The van der Waals surface area contributed by atoms with Gasteiger partial charge in [0.15, 0.2) is 0 Å². The number of aliphatic hydroxyl groups is 1. The number of benzene rings is 2. The zero-order valence-electron chi connectivity index (χ0n) is 16.6. The third kappa shape index (κ3) is 5.63. The number of hydrogen-bond donors (Lipinski definition) is 2. The molecule has 1 heterocycles. The molecule has 3 rings (SSSR count). The van der Waals surface area contributed by atoms with Crippen LogP contribution in [0.3, 0.4) is 0 Å². The molecule has 0 spiro atoms. The van der Waals surface area contributed by atoms with Crippen LogP contribution in [0.25, 0.3) is 0 Å². The molecule has 154 valence electrons. The monoisotopic (exact) mass is 399 g/mol. The molecule has 0 radical (unpaired) electrons. The van der Waals surface area contributed by atoms with E-state index in [2.05, 4.69) is 10.3 Å². The summed E-state index contributed by atoms with van der Waals surface area (Å²) >= 11 is 0. The van der Waals surface area contributed by atoms with E-state index in [-0.39, 0.29) is 19.0 Å². The third-order valence-electron chi connectivity index (χ3n) is 4.63. The zero-order chi connectivity index (χ0) is 20.6. The summed E-state index contributed by atoms with van der Waals surface area (Å²) in [4.78, 5) is 4.34. The number of nitrogens with zero attached hydrogens (tertiary/aromatic N) is 2. The molecular weight excluding hydrogens is 373 g/mol. The summed E-state index contributed by atoms with van der Waals surface area (Å²) in [6.07, 6.45) is 2.72. The second-order valence-corrected chi connectivity index (χ2v) is 6.78. The summed E-state index contributed by atoms with van der Waals surface area (Å²) in [5.74, 6) is 1.13. The van der Waals surface area contributed by atoms with Crippen LogP contribution in [-0.2, 0) is 18.4 Å². The van der Waals surface area contributed by atoms with Crippen LogP contribution >= 0.6 is 0 Å². The lowest BCUT2D eigenvalue weighted by molar-refractivity contribution is 0.0279. The van der Waals surface area contributed by atoms with Crippen molar-refractivity contribution in [3.05, 3.63) is 83.7 Å². The molecule has 0 aliphatic heterocycles. The number of aliphatic hydroxyl groups excluding tert-OH is 1. The van der Waals surface area contributed by atoms with Crippen molar-refractivity contribution in [2.45, 2.75) is 18.8 Å². The van der Waals surface area contributed by atoms with Crippen molar-refractivity contribution in [1.82, 2.24) is 14.9 Å². The van der Waals surface area contributed by atoms with Crippen molar-refractivity contribution in [2.24, 2.45) is 7.05 Å². The first kappa shape index (κ1) is 21.0. The first-order chi connectivity index (χ1) is 14.1. The number of aromatic nitrogens is 2. The zero-order valence-corrected chi connectivity index (χ0v) is 16.6. The maximum Gasteiger partial charge on any atom is 0.130 e. The molecular formula is C22H26FN3O3. The fourth-order valence-corrected chi connectivity index (χ4v) is 3.05. The largest absolute Gasteiger partial charge is 0.497 e. The first-order valence-corrected chi connectivity index (χ1v) is 9.42. The molecule has 0 aliphatic carbocycles. The Balaban J connectivity index is 1.56. The first-order valence-electron chi connectivity index (χ1n) is 9.42. The highest BCUT2D eigenvalue weighted by Crippen LogP contribution is 2.23. The van der Waals surface area contributed by atoms with Crippen molar-refractivity contribution in [1.29, 1.82) is 0 Å². The van der Waals surface area contributed by atoms with Gasteiger partial charge in [-0.3, -0.25) is 0 Å². The van der Waals surface area contributed by atoms with Gasteiger partial charge in [0.1, 0.15) is 17.4 Å². The fraction of sp³-hybridized carbons (Fsp3) is 0.318. The Morgan fingerprint density at radius 1 is 1.17 bits per heavy atom. The molecule has 2 atom stereocenters. The molecule has 0 bridgehead atoms. The predicted molar refractivity (Wildman–Crippen MR) is 108 cm³/mol. The highest BCUT2D eigenvalue weighted by atomic mass is 19.1. The van der Waals surface area contributed by atoms with E-state index in [4.69, 9.17) is 9.47 Å². The van der Waals surface area contributed by atoms with Gasteiger partial charge < -0.3 is 24.5 Å². The molecule has 29 heavy (non-hydrogen) atoms. The molecule has 0 saturated heterocycles. The number of rotatable bonds is 10. The highest BCUT2D eigenvalue weighted by molar-refractivity contribution is 5.27. The van der Waals surface area contributed by atoms with E-state index in [1.54, 1.807) is 37.7 Å². The number of halogens is 1. The molecule has 3 aromatic rings. The van der Waals surface area contributed by atoms with Crippen molar-refractivity contribution < 1.29 is 19.0 Å². The van der Waals surface area contributed by atoms with E-state index in [9.17, 15) is 9.50 Å². The van der Waals surface area contributed by atoms with E-state index in [1.807, 2.05) is 35.9 Å². The van der Waals surface area contributed by atoms with Crippen LogP contribution in [0.5, 0.6) is 5.75 Å². The topological polar surface area (TPSA) is 68.5 Å². The molecule has 0 unspecified atom stereocenters. The number of nitrogens with one attached hydrogen (secondary N) is 1. The second kappa shape index (κ2) is 10.2. The Morgan fingerprint density at radius 2 is 1.93 bits per heavy atom. The summed E-state index contributed by atoms with van der Waals surface area (Å²) in [5.41, 5.74) is 1.47. The fourth-order valence-electron chi connectivity index (χ4n) is 3.05. The van der Waals surface area contributed by atoms with E-state index in [0.29, 0.717) is 18.0 Å². The molecule has 7 heteroatoms. The van der Waals surface area contributed by atoms with Gasteiger partial charge in [-0.25, -0.2) is 9.37 Å². The Labute approximate surface area is 169 Å². The van der Waals surface area contributed by atoms with Crippen LogP contribution < -0.4 is 10.1 Å². The minimum Gasteiger partial charge on any atom is -0.497 e. The molecule has 0 fully saturated rings. The highest BCUT2D eigenvalue weighted by Gasteiger charge is 2.22. The van der Waals surface area contributed by atoms with Gasteiger partial charge in [0.25, 0.3) is 0 Å². The van der Waals surface area contributed by atoms with Crippen LogP contribution in [0.2, 0.25) is 0 Å². The Hall–Kier alpha value is -2.74. The lowest BCUT2D eigenvalue weighted by atomic mass is 10.1. The number of hydrogen-bond acceptors (Lipinski definition) is 5. The van der Waals surface area contributed by atoms with E-state index < -0.39 is 12.1 Å². The maximum atomic E-state index is 14.4. The molecule has 1 aromatic heterocycles. The molecule has 2 aromatic carbocycles. The smallest absolute Gasteiger partial charge is 0.130 e. The Bertz CT molecular complexity index is 898. The van der Waals surface area contributed by atoms with Crippen molar-refractivity contribution in [2.75, 3.05) is 20.3 Å². The van der Waals surface area contributed by atoms with Gasteiger partial charge in [-0.15, -0.1) is 0 Å². The molecule has 0 saturated carbocycles. The number of imidazole rings is 1. The summed E-state index contributed by atoms with van der Waals surface area (Å²) in [5, 5.41) is 13.5. The second-order valence-electron chi connectivity index (χ2n) is 6.78. The molecule has 6 nitrogen and oxygen atoms in total. The standard InChI is InChI=1S/C22H26FN3O3/c1-26-12-11-24-22(26)21(19-5-3-4-6-20(19)23)25-13-17(27)15-29-14-16-7-9-18(28-2)10-8-16/h3-12,17,21,25,27H,13-15H2,1-2H3/t17-,21-/m0/s1. The quantitative estimate of drug-likeness (QED) is 0.549. The average molecular weight is 399 g/mol. The minimum absolute atomic E-state index is 0.156. The summed E-state index contributed by atoms with van der Waals surface area (Å²) in [6, 6.07) is 13.6. The van der Waals surface area contributed by atoms with E-state index in [1.165, 1.54) is 6.07 Å². The third-order valence-corrected chi connectivity index (χ3v) is 4.63. The van der Waals surface area contributed by atoms with Crippen molar-refractivity contribution >= 4 is 0 Å². The van der Waals surface area contributed by atoms with Crippen LogP contribution in [0.15, 0.2) is 60.9 Å². The van der Waals surface area contributed by atoms with Crippen LogP contribution in [0, 0.1) is 5.82 Å². The molecule has 0 aliphatic rings. The number of methoxy groups -OCH3 is 1. The summed E-state index contributed by atoms with van der Waals surface area (Å²) in [7, 11) is 3.47. The lowest BCUT2D eigenvalue weighted by Gasteiger charge is -2.21. The van der Waals surface area contributed by atoms with Crippen LogP contribution in [0.4, 0.5) is 4.39 Å². The van der Waals surface area contributed by atoms with E-state index in [0.717, 1.165) is 11.3 Å². The predicted octanol–water partition coefficient (Wildman–Crippen LogP) is 2.82. The maximum absolute atomic E-state index is 14.4. The van der Waals surface area contributed by atoms with Gasteiger partial charge in [-0.2, -0.15) is 0 Å². The van der Waals surface area contributed by atoms with Crippen LogP contribution in [0.1, 0.15) is 23.0 Å². The Morgan fingerprint density at radius 3 is 2.59 bits per heavy atom. The van der Waals surface area contributed by atoms with Crippen LogP contribution in [-0.4, -0.2) is 41.0 Å². The average Bonchev–Trinajstić information content (AvgIpc) is 3.15. The molecule has 2 N–H and O–H groups in total. The number of aryl methyl sites for hydroxylation is 1. The Kier molecular flexibility index (Phi) is 7.35. The van der Waals surface area contributed by atoms with Gasteiger partial charge in [0.05, 0.1) is 32.5 Å². The summed E-state index contributed by atoms with van der Waals surface area (Å²) < 4.78 is 26.9. The summed E-state index contributed by atoms with van der Waals surface area (Å²) in [6.45, 7) is 0.773. The SMILES string of the molecule is COc1ccc(COC[C@@H](O)CN[C@@H](c2ccccc2F)c2nccn2C)cc1.